The lowest BCUT2D eigenvalue weighted by Gasteiger charge is -2.20. The van der Waals surface area contributed by atoms with Gasteiger partial charge in [-0.3, -0.25) is 0 Å². The van der Waals surface area contributed by atoms with Crippen molar-refractivity contribution < 1.29 is 21.6 Å². The van der Waals surface area contributed by atoms with Crippen LogP contribution in [0.5, 0.6) is 0 Å². The first-order chi connectivity index (χ1) is 9.61. The average molecular weight is 343 g/mol. The van der Waals surface area contributed by atoms with E-state index < -0.39 is 21.7 Å². The number of benzene rings is 1. The molecule has 1 saturated carbocycles. The van der Waals surface area contributed by atoms with Crippen LogP contribution in [0.3, 0.4) is 0 Å². The monoisotopic (exact) mass is 342 g/mol. The molecule has 4 nitrogen and oxygen atoms in total. The van der Waals surface area contributed by atoms with E-state index in [1.165, 1.54) is 12.1 Å². The van der Waals surface area contributed by atoms with Gasteiger partial charge in [0.2, 0.25) is 10.0 Å². The summed E-state index contributed by atoms with van der Waals surface area (Å²) in [4.78, 5) is -0.275. The molecule has 2 rings (SSSR count). The Labute approximate surface area is 125 Å². The standard InChI is InChI=1S/C12H14ClF3N2O2S/c1-17-7-8-2-3-9(6-10(8)13)21(19,20)18-11(4-5-11)12(14,15)16/h2-3,6,17-18H,4-5,7H2,1H3. The molecule has 0 bridgehead atoms. The summed E-state index contributed by atoms with van der Waals surface area (Å²) in [6, 6.07) is 3.87. The number of hydrogen-bond donors (Lipinski definition) is 2. The van der Waals surface area contributed by atoms with Gasteiger partial charge in [-0.1, -0.05) is 17.7 Å². The molecule has 0 heterocycles. The number of halogens is 4. The molecule has 0 aromatic heterocycles. The summed E-state index contributed by atoms with van der Waals surface area (Å²) in [6.45, 7) is 0.430. The van der Waals surface area contributed by atoms with Gasteiger partial charge in [-0.05, 0) is 37.6 Å². The number of hydrogen-bond acceptors (Lipinski definition) is 3. The van der Waals surface area contributed by atoms with Crippen LogP contribution in [-0.2, 0) is 16.6 Å². The minimum Gasteiger partial charge on any atom is -0.316 e. The summed E-state index contributed by atoms with van der Waals surface area (Å²) in [5, 5.41) is 3.04. The highest BCUT2D eigenvalue weighted by molar-refractivity contribution is 7.89. The molecule has 0 unspecified atom stereocenters. The molecule has 0 spiro atoms. The van der Waals surface area contributed by atoms with E-state index in [0.29, 0.717) is 12.1 Å². The lowest BCUT2D eigenvalue weighted by Crippen LogP contribution is -2.47. The molecule has 21 heavy (non-hydrogen) atoms. The van der Waals surface area contributed by atoms with E-state index in [-0.39, 0.29) is 22.8 Å². The Kier molecular flexibility index (Phi) is 4.27. The average Bonchev–Trinajstić information content (AvgIpc) is 3.11. The third kappa shape index (κ3) is 3.33. The Morgan fingerprint density at radius 3 is 2.38 bits per heavy atom. The zero-order valence-corrected chi connectivity index (χ0v) is 12.7. The number of alkyl halides is 3. The first kappa shape index (κ1) is 16.5. The van der Waals surface area contributed by atoms with Crippen molar-refractivity contribution in [1.82, 2.24) is 10.0 Å². The van der Waals surface area contributed by atoms with Gasteiger partial charge in [-0.15, -0.1) is 0 Å². The second kappa shape index (κ2) is 5.42. The molecule has 1 aliphatic carbocycles. The maximum absolute atomic E-state index is 12.8. The molecule has 0 aliphatic heterocycles. The van der Waals surface area contributed by atoms with Crippen LogP contribution in [0, 0.1) is 0 Å². The predicted octanol–water partition coefficient (Wildman–Crippen LogP) is 2.43. The van der Waals surface area contributed by atoms with Gasteiger partial charge in [0.15, 0.2) is 0 Å². The molecule has 0 atom stereocenters. The molecule has 0 saturated heterocycles. The summed E-state index contributed by atoms with van der Waals surface area (Å²) in [5.41, 5.74) is -1.67. The maximum Gasteiger partial charge on any atom is 0.407 e. The minimum atomic E-state index is -4.60. The molecule has 0 radical (unpaired) electrons. The van der Waals surface area contributed by atoms with Crippen LogP contribution in [0.4, 0.5) is 13.2 Å². The van der Waals surface area contributed by atoms with Crippen molar-refractivity contribution in [2.75, 3.05) is 7.05 Å². The fraction of sp³-hybridized carbons (Fsp3) is 0.500. The quantitative estimate of drug-likeness (QED) is 0.864. The Bertz CT molecular complexity index is 642. The first-order valence-corrected chi connectivity index (χ1v) is 8.01. The lowest BCUT2D eigenvalue weighted by molar-refractivity contribution is -0.160. The van der Waals surface area contributed by atoms with Crippen LogP contribution in [0.25, 0.3) is 0 Å². The van der Waals surface area contributed by atoms with E-state index in [9.17, 15) is 21.6 Å². The second-order valence-electron chi connectivity index (χ2n) is 4.97. The Balaban J connectivity index is 2.27. The molecule has 9 heteroatoms. The highest BCUT2D eigenvalue weighted by atomic mass is 35.5. The number of sulfonamides is 1. The van der Waals surface area contributed by atoms with E-state index >= 15 is 0 Å². The highest BCUT2D eigenvalue weighted by Crippen LogP contribution is 2.49. The van der Waals surface area contributed by atoms with Crippen molar-refractivity contribution >= 4 is 21.6 Å². The third-order valence-electron chi connectivity index (χ3n) is 3.32. The fourth-order valence-corrected chi connectivity index (χ4v) is 3.70. The Morgan fingerprint density at radius 2 is 1.95 bits per heavy atom. The van der Waals surface area contributed by atoms with Gasteiger partial charge in [0.05, 0.1) is 4.90 Å². The van der Waals surface area contributed by atoms with E-state index in [1.807, 2.05) is 0 Å². The SMILES string of the molecule is CNCc1ccc(S(=O)(=O)NC2(C(F)(F)F)CC2)cc1Cl. The topological polar surface area (TPSA) is 58.2 Å². The fourth-order valence-electron chi connectivity index (χ4n) is 1.91. The van der Waals surface area contributed by atoms with Crippen LogP contribution < -0.4 is 10.0 Å². The third-order valence-corrected chi connectivity index (χ3v) is 5.21. The molecule has 0 amide bonds. The molecule has 1 aromatic carbocycles. The predicted molar refractivity (Wildman–Crippen MR) is 72.6 cm³/mol. The Hall–Kier alpha value is -0.830. The van der Waals surface area contributed by atoms with E-state index in [0.717, 1.165) is 6.07 Å². The van der Waals surface area contributed by atoms with Crippen molar-refractivity contribution in [3.8, 4) is 0 Å². The van der Waals surface area contributed by atoms with Gasteiger partial charge < -0.3 is 5.32 Å². The normalized spacial score (nSPS) is 17.8. The van der Waals surface area contributed by atoms with Crippen LogP contribution >= 0.6 is 11.6 Å². The van der Waals surface area contributed by atoms with Gasteiger partial charge in [-0.2, -0.15) is 17.9 Å². The largest absolute Gasteiger partial charge is 0.407 e. The van der Waals surface area contributed by atoms with Crippen LogP contribution in [0.2, 0.25) is 5.02 Å². The zero-order chi connectivity index (χ0) is 15.9. The maximum atomic E-state index is 12.8. The summed E-state index contributed by atoms with van der Waals surface area (Å²) >= 11 is 5.94. The van der Waals surface area contributed by atoms with E-state index in [1.54, 1.807) is 11.8 Å². The van der Waals surface area contributed by atoms with E-state index in [2.05, 4.69) is 5.32 Å². The first-order valence-electron chi connectivity index (χ1n) is 6.15. The van der Waals surface area contributed by atoms with Gasteiger partial charge in [0.25, 0.3) is 0 Å². The summed E-state index contributed by atoms with van der Waals surface area (Å²) in [5.74, 6) is 0. The van der Waals surface area contributed by atoms with Gasteiger partial charge >= 0.3 is 6.18 Å². The molecule has 1 aliphatic rings. The van der Waals surface area contributed by atoms with Crippen molar-refractivity contribution in [2.24, 2.45) is 0 Å². The molecule has 2 N–H and O–H groups in total. The van der Waals surface area contributed by atoms with Crippen molar-refractivity contribution in [1.29, 1.82) is 0 Å². The van der Waals surface area contributed by atoms with Gasteiger partial charge in [0.1, 0.15) is 5.54 Å². The van der Waals surface area contributed by atoms with Crippen molar-refractivity contribution in [3.63, 3.8) is 0 Å². The van der Waals surface area contributed by atoms with Crippen LogP contribution in [-0.4, -0.2) is 27.2 Å². The summed E-state index contributed by atoms with van der Waals surface area (Å²) in [6.07, 6.45) is -5.10. The lowest BCUT2D eigenvalue weighted by atomic mass is 10.2. The van der Waals surface area contributed by atoms with Crippen molar-refractivity contribution in [2.45, 2.75) is 36.0 Å². The number of nitrogens with one attached hydrogen (secondary N) is 2. The summed E-state index contributed by atoms with van der Waals surface area (Å²) in [7, 11) is -2.57. The molecular formula is C12H14ClF3N2O2S. The van der Waals surface area contributed by atoms with E-state index in [4.69, 9.17) is 11.6 Å². The van der Waals surface area contributed by atoms with Gasteiger partial charge in [0, 0.05) is 11.6 Å². The summed E-state index contributed by atoms with van der Waals surface area (Å²) < 4.78 is 64.4. The minimum absolute atomic E-state index is 0.184. The van der Waals surface area contributed by atoms with Crippen LogP contribution in [0.15, 0.2) is 23.1 Å². The molecule has 1 aromatic rings. The zero-order valence-electron chi connectivity index (χ0n) is 11.1. The van der Waals surface area contributed by atoms with Crippen molar-refractivity contribution in [3.05, 3.63) is 28.8 Å². The number of rotatable bonds is 5. The molecular weight excluding hydrogens is 329 g/mol. The molecule has 1 fully saturated rings. The second-order valence-corrected chi connectivity index (χ2v) is 7.06. The molecule has 118 valence electrons. The highest BCUT2D eigenvalue weighted by Gasteiger charge is 2.65. The van der Waals surface area contributed by atoms with Gasteiger partial charge in [-0.25, -0.2) is 8.42 Å². The smallest absolute Gasteiger partial charge is 0.316 e. The van der Waals surface area contributed by atoms with Crippen LogP contribution in [0.1, 0.15) is 18.4 Å². The Morgan fingerprint density at radius 1 is 1.33 bits per heavy atom.